The molecule has 1 aromatic rings. The monoisotopic (exact) mass is 233 g/mol. The van der Waals surface area contributed by atoms with Crippen LogP contribution in [0.2, 0.25) is 0 Å². The Morgan fingerprint density at radius 1 is 1.41 bits per heavy atom. The summed E-state index contributed by atoms with van der Waals surface area (Å²) >= 11 is 0. The molecule has 1 aliphatic rings. The summed E-state index contributed by atoms with van der Waals surface area (Å²) in [4.78, 5) is 6.61. The zero-order valence-corrected chi connectivity index (χ0v) is 11.1. The zero-order chi connectivity index (χ0) is 12.3. The fraction of sp³-hybridized carbons (Fsp3) is 0.643. The molecule has 1 unspecified atom stereocenters. The van der Waals surface area contributed by atoms with Crippen molar-refractivity contribution in [3.05, 3.63) is 30.1 Å². The Labute approximate surface area is 104 Å². The van der Waals surface area contributed by atoms with Gasteiger partial charge in [0.1, 0.15) is 0 Å². The molecule has 2 rings (SSSR count). The summed E-state index contributed by atoms with van der Waals surface area (Å²) in [5.41, 5.74) is 1.71. The van der Waals surface area contributed by atoms with Gasteiger partial charge in [0.15, 0.2) is 0 Å². The molecule has 94 valence electrons. The summed E-state index contributed by atoms with van der Waals surface area (Å²) in [6.45, 7) is 8.08. The topological polar surface area (TPSA) is 28.2 Å². The molecule has 1 aliphatic heterocycles. The van der Waals surface area contributed by atoms with Gasteiger partial charge in [-0.05, 0) is 36.6 Å². The van der Waals surface area contributed by atoms with Crippen LogP contribution in [-0.2, 0) is 6.54 Å². The van der Waals surface area contributed by atoms with Crippen molar-refractivity contribution in [2.24, 2.45) is 5.41 Å². The second kappa shape index (κ2) is 5.15. The van der Waals surface area contributed by atoms with Crippen LogP contribution in [0.4, 0.5) is 0 Å². The lowest BCUT2D eigenvalue weighted by molar-refractivity contribution is 0.0764. The molecule has 3 nitrogen and oxygen atoms in total. The first-order chi connectivity index (χ1) is 8.12. The van der Waals surface area contributed by atoms with Gasteiger partial charge in [-0.3, -0.25) is 9.88 Å². The van der Waals surface area contributed by atoms with Gasteiger partial charge in [-0.15, -0.1) is 0 Å². The number of hydrogen-bond acceptors (Lipinski definition) is 3. The Hall–Kier alpha value is -0.930. The smallest absolute Gasteiger partial charge is 0.0271 e. The Bertz CT molecular complexity index is 348. The summed E-state index contributed by atoms with van der Waals surface area (Å²) < 4.78 is 0. The minimum atomic E-state index is 0.347. The van der Waals surface area contributed by atoms with E-state index in [-0.39, 0.29) is 0 Å². The number of piperidine rings is 1. The average molecular weight is 233 g/mol. The quantitative estimate of drug-likeness (QED) is 0.864. The molecule has 17 heavy (non-hydrogen) atoms. The second-order valence-corrected chi connectivity index (χ2v) is 5.68. The van der Waals surface area contributed by atoms with E-state index in [0.717, 1.165) is 13.1 Å². The van der Waals surface area contributed by atoms with Crippen molar-refractivity contribution in [3.8, 4) is 0 Å². The molecular formula is C14H23N3. The van der Waals surface area contributed by atoms with Crippen LogP contribution in [0, 0.1) is 5.41 Å². The van der Waals surface area contributed by atoms with E-state index in [9.17, 15) is 0 Å². The maximum atomic E-state index is 4.06. The van der Waals surface area contributed by atoms with Crippen molar-refractivity contribution in [1.29, 1.82) is 0 Å². The number of nitrogens with zero attached hydrogens (tertiary/aromatic N) is 2. The normalized spacial score (nSPS) is 24.8. The van der Waals surface area contributed by atoms with Crippen LogP contribution in [0.3, 0.4) is 0 Å². The third kappa shape index (κ3) is 3.05. The molecule has 0 bridgehead atoms. The Morgan fingerprint density at radius 3 is 2.71 bits per heavy atom. The summed E-state index contributed by atoms with van der Waals surface area (Å²) in [6, 6.07) is 4.85. The summed E-state index contributed by atoms with van der Waals surface area (Å²) in [5, 5.41) is 3.44. The summed E-state index contributed by atoms with van der Waals surface area (Å²) in [7, 11) is 2.07. The number of pyridine rings is 1. The van der Waals surface area contributed by atoms with Crippen LogP contribution in [0.25, 0.3) is 0 Å². The first-order valence-corrected chi connectivity index (χ1v) is 6.40. The third-order valence-electron chi connectivity index (χ3n) is 3.81. The standard InChI is InChI=1S/C14H23N3/c1-14(2)11-17(9-6-13(14)15-3)10-12-4-7-16-8-5-12/h4-5,7-8,13,15H,6,9-11H2,1-3H3. The van der Waals surface area contributed by atoms with Crippen molar-refractivity contribution < 1.29 is 0 Å². The highest BCUT2D eigenvalue weighted by Crippen LogP contribution is 2.29. The second-order valence-electron chi connectivity index (χ2n) is 5.68. The highest BCUT2D eigenvalue weighted by molar-refractivity contribution is 5.10. The maximum absolute atomic E-state index is 4.06. The van der Waals surface area contributed by atoms with Crippen LogP contribution < -0.4 is 5.32 Å². The highest BCUT2D eigenvalue weighted by atomic mass is 15.2. The third-order valence-corrected chi connectivity index (χ3v) is 3.81. The molecule has 0 radical (unpaired) electrons. The lowest BCUT2D eigenvalue weighted by Gasteiger charge is -2.44. The van der Waals surface area contributed by atoms with Crippen LogP contribution in [0.1, 0.15) is 25.8 Å². The van der Waals surface area contributed by atoms with Crippen LogP contribution in [0.5, 0.6) is 0 Å². The Kier molecular flexibility index (Phi) is 3.79. The highest BCUT2D eigenvalue weighted by Gasteiger charge is 2.34. The van der Waals surface area contributed by atoms with E-state index in [0.29, 0.717) is 11.5 Å². The molecule has 1 saturated heterocycles. The van der Waals surface area contributed by atoms with Gasteiger partial charge >= 0.3 is 0 Å². The van der Waals surface area contributed by atoms with E-state index in [4.69, 9.17) is 0 Å². The molecule has 1 fully saturated rings. The van der Waals surface area contributed by atoms with Crippen molar-refractivity contribution in [2.45, 2.75) is 32.9 Å². The van der Waals surface area contributed by atoms with E-state index >= 15 is 0 Å². The van der Waals surface area contributed by atoms with E-state index < -0.39 is 0 Å². The van der Waals surface area contributed by atoms with Gasteiger partial charge in [-0.1, -0.05) is 13.8 Å². The van der Waals surface area contributed by atoms with Gasteiger partial charge < -0.3 is 5.32 Å². The van der Waals surface area contributed by atoms with Crippen molar-refractivity contribution in [2.75, 3.05) is 20.1 Å². The molecule has 0 spiro atoms. The minimum Gasteiger partial charge on any atom is -0.316 e. The fourth-order valence-electron chi connectivity index (χ4n) is 2.88. The minimum absolute atomic E-state index is 0.347. The number of likely N-dealkylation sites (tertiary alicyclic amines) is 1. The van der Waals surface area contributed by atoms with Gasteiger partial charge in [0.2, 0.25) is 0 Å². The van der Waals surface area contributed by atoms with Crippen molar-refractivity contribution >= 4 is 0 Å². The van der Waals surface area contributed by atoms with Gasteiger partial charge in [0.05, 0.1) is 0 Å². The number of nitrogens with one attached hydrogen (secondary N) is 1. The lowest BCUT2D eigenvalue weighted by Crippen LogP contribution is -2.53. The average Bonchev–Trinajstić information content (AvgIpc) is 2.29. The largest absolute Gasteiger partial charge is 0.316 e. The molecule has 1 N–H and O–H groups in total. The molecule has 0 amide bonds. The van der Waals surface area contributed by atoms with Crippen LogP contribution in [0.15, 0.2) is 24.5 Å². The molecule has 0 aliphatic carbocycles. The Morgan fingerprint density at radius 2 is 2.12 bits per heavy atom. The summed E-state index contributed by atoms with van der Waals surface area (Å²) in [5.74, 6) is 0. The van der Waals surface area contributed by atoms with E-state index in [2.05, 4.69) is 48.2 Å². The molecule has 0 aromatic carbocycles. The van der Waals surface area contributed by atoms with Crippen molar-refractivity contribution in [1.82, 2.24) is 15.2 Å². The summed E-state index contributed by atoms with van der Waals surface area (Å²) in [6.07, 6.45) is 4.98. The van der Waals surface area contributed by atoms with Crippen molar-refractivity contribution in [3.63, 3.8) is 0 Å². The first kappa shape index (κ1) is 12.5. The molecule has 0 saturated carbocycles. The van der Waals surface area contributed by atoms with E-state index in [1.54, 1.807) is 0 Å². The van der Waals surface area contributed by atoms with Gasteiger partial charge in [0.25, 0.3) is 0 Å². The molecule has 1 aromatic heterocycles. The van der Waals surface area contributed by atoms with Gasteiger partial charge in [0, 0.05) is 38.1 Å². The number of rotatable bonds is 3. The van der Waals surface area contributed by atoms with Crippen LogP contribution in [-0.4, -0.2) is 36.1 Å². The molecule has 2 heterocycles. The van der Waals surface area contributed by atoms with Gasteiger partial charge in [-0.25, -0.2) is 0 Å². The van der Waals surface area contributed by atoms with Crippen LogP contribution >= 0.6 is 0 Å². The fourth-order valence-corrected chi connectivity index (χ4v) is 2.88. The number of aromatic nitrogens is 1. The van der Waals surface area contributed by atoms with Gasteiger partial charge in [-0.2, -0.15) is 0 Å². The Balaban J connectivity index is 1.97. The zero-order valence-electron chi connectivity index (χ0n) is 11.1. The predicted octanol–water partition coefficient (Wildman–Crippen LogP) is 1.90. The first-order valence-electron chi connectivity index (χ1n) is 6.40. The number of hydrogen-bond donors (Lipinski definition) is 1. The SMILES string of the molecule is CNC1CCN(Cc2ccncc2)CC1(C)C. The van der Waals surface area contributed by atoms with E-state index in [1.807, 2.05) is 12.4 Å². The molecule has 1 atom stereocenters. The maximum Gasteiger partial charge on any atom is 0.0271 e. The van der Waals surface area contributed by atoms with E-state index in [1.165, 1.54) is 18.5 Å². The lowest BCUT2D eigenvalue weighted by atomic mass is 9.79. The molecular weight excluding hydrogens is 210 g/mol. The predicted molar refractivity (Wildman–Crippen MR) is 70.8 cm³/mol. The molecule has 3 heteroatoms.